The fraction of sp³-hybridized carbons (Fsp3) is 0.348. The standard InChI is InChI=1S/C23H24N2O5/c1-2-13-5-3-4-6-17(13)15-9-14(20-16(10-15)11-24-25-20)7-8-18-21(27)23(29)22(28)19(12-26)30-18/h3-6,9-11,18-19,21-23,26-29H,2,12H2,1H3,(H,24,25)/t18?,19?,21?,22-,23?/m1/s1. The lowest BCUT2D eigenvalue weighted by Gasteiger charge is -2.37. The quantitative estimate of drug-likeness (QED) is 0.413. The number of rotatable bonds is 3. The van der Waals surface area contributed by atoms with Gasteiger partial charge in [0.05, 0.1) is 23.9 Å². The Kier molecular flexibility index (Phi) is 5.86. The second-order valence-electron chi connectivity index (χ2n) is 7.39. The van der Waals surface area contributed by atoms with Crippen molar-refractivity contribution in [3.05, 3.63) is 53.7 Å². The molecule has 5 atom stereocenters. The van der Waals surface area contributed by atoms with Gasteiger partial charge >= 0.3 is 0 Å². The van der Waals surface area contributed by atoms with Crippen LogP contribution in [-0.4, -0.2) is 67.8 Å². The van der Waals surface area contributed by atoms with Crippen LogP contribution in [0, 0.1) is 11.8 Å². The number of aryl methyl sites for hydroxylation is 1. The van der Waals surface area contributed by atoms with Crippen LogP contribution in [0.25, 0.3) is 22.0 Å². The van der Waals surface area contributed by atoms with Crippen molar-refractivity contribution in [2.45, 2.75) is 43.9 Å². The van der Waals surface area contributed by atoms with Gasteiger partial charge in [0, 0.05) is 5.39 Å². The van der Waals surface area contributed by atoms with E-state index in [-0.39, 0.29) is 0 Å². The maximum Gasteiger partial charge on any atom is 0.147 e. The summed E-state index contributed by atoms with van der Waals surface area (Å²) < 4.78 is 5.49. The Morgan fingerprint density at radius 1 is 1.10 bits per heavy atom. The van der Waals surface area contributed by atoms with Gasteiger partial charge in [-0.05, 0) is 35.2 Å². The van der Waals surface area contributed by atoms with Crippen molar-refractivity contribution in [2.75, 3.05) is 6.61 Å². The topological polar surface area (TPSA) is 119 Å². The average molecular weight is 408 g/mol. The number of aliphatic hydroxyl groups is 4. The number of hydrogen-bond donors (Lipinski definition) is 5. The molecular weight excluding hydrogens is 384 g/mol. The van der Waals surface area contributed by atoms with E-state index in [1.54, 1.807) is 6.20 Å². The highest BCUT2D eigenvalue weighted by atomic mass is 16.5. The van der Waals surface area contributed by atoms with Crippen LogP contribution in [0.5, 0.6) is 0 Å². The molecule has 1 aliphatic heterocycles. The first-order chi connectivity index (χ1) is 14.5. The molecule has 5 N–H and O–H groups in total. The Bertz CT molecular complexity index is 1100. The van der Waals surface area contributed by atoms with Crippen LogP contribution in [0.3, 0.4) is 0 Å². The van der Waals surface area contributed by atoms with Crippen LogP contribution in [0.2, 0.25) is 0 Å². The van der Waals surface area contributed by atoms with Crippen molar-refractivity contribution >= 4 is 10.9 Å². The van der Waals surface area contributed by atoms with E-state index in [2.05, 4.69) is 41.1 Å². The van der Waals surface area contributed by atoms with Crippen LogP contribution in [0.4, 0.5) is 0 Å². The van der Waals surface area contributed by atoms with E-state index in [9.17, 15) is 20.4 Å². The Morgan fingerprint density at radius 2 is 1.90 bits per heavy atom. The first kappa shape index (κ1) is 20.5. The predicted octanol–water partition coefficient (Wildman–Crippen LogP) is 0.986. The number of fused-ring (bicyclic) bond motifs is 1. The van der Waals surface area contributed by atoms with Gasteiger partial charge in [-0.2, -0.15) is 5.10 Å². The van der Waals surface area contributed by atoms with Crippen LogP contribution in [0.15, 0.2) is 42.6 Å². The zero-order valence-electron chi connectivity index (χ0n) is 16.5. The molecule has 7 nitrogen and oxygen atoms in total. The molecule has 0 radical (unpaired) electrons. The average Bonchev–Trinajstić information content (AvgIpc) is 3.25. The molecule has 30 heavy (non-hydrogen) atoms. The SMILES string of the molecule is CCc1ccccc1-c1cc(C#CC2OC(CO)[C@@H](O)C(O)C2O)c2[nH]ncc2c1. The zero-order chi connectivity index (χ0) is 21.3. The largest absolute Gasteiger partial charge is 0.394 e. The lowest BCUT2D eigenvalue weighted by molar-refractivity contribution is -0.214. The van der Waals surface area contributed by atoms with Gasteiger partial charge in [0.15, 0.2) is 0 Å². The molecule has 4 rings (SSSR count). The van der Waals surface area contributed by atoms with Gasteiger partial charge in [-0.1, -0.05) is 43.0 Å². The van der Waals surface area contributed by atoms with Gasteiger partial charge in [-0.15, -0.1) is 0 Å². The van der Waals surface area contributed by atoms with Crippen molar-refractivity contribution in [3.8, 4) is 23.0 Å². The Balaban J connectivity index is 1.75. The van der Waals surface area contributed by atoms with Gasteiger partial charge in [-0.3, -0.25) is 5.10 Å². The number of nitrogens with zero attached hydrogens (tertiary/aromatic N) is 1. The smallest absolute Gasteiger partial charge is 0.147 e. The van der Waals surface area contributed by atoms with Gasteiger partial charge in [-0.25, -0.2) is 0 Å². The lowest BCUT2D eigenvalue weighted by Crippen LogP contribution is -2.58. The highest BCUT2D eigenvalue weighted by molar-refractivity contribution is 5.89. The van der Waals surface area contributed by atoms with Gasteiger partial charge in [0.2, 0.25) is 0 Å². The Morgan fingerprint density at radius 3 is 2.67 bits per heavy atom. The molecular formula is C23H24N2O5. The van der Waals surface area contributed by atoms with Gasteiger partial charge in [0.1, 0.15) is 30.5 Å². The molecule has 0 saturated carbocycles. The van der Waals surface area contributed by atoms with Crippen molar-refractivity contribution in [1.29, 1.82) is 0 Å². The molecule has 3 aromatic rings. The van der Waals surface area contributed by atoms with Crippen LogP contribution in [0.1, 0.15) is 18.1 Å². The third-order valence-corrected chi connectivity index (χ3v) is 5.50. The summed E-state index contributed by atoms with van der Waals surface area (Å²) in [4.78, 5) is 0. The summed E-state index contributed by atoms with van der Waals surface area (Å²) in [5.74, 6) is 5.86. The zero-order valence-corrected chi connectivity index (χ0v) is 16.5. The second kappa shape index (κ2) is 8.56. The highest BCUT2D eigenvalue weighted by Crippen LogP contribution is 2.29. The number of nitrogens with one attached hydrogen (secondary N) is 1. The molecule has 0 spiro atoms. The molecule has 2 aromatic carbocycles. The first-order valence-corrected chi connectivity index (χ1v) is 9.91. The van der Waals surface area contributed by atoms with E-state index in [1.807, 2.05) is 24.3 Å². The molecule has 1 saturated heterocycles. The highest BCUT2D eigenvalue weighted by Gasteiger charge is 2.42. The Hall–Kier alpha value is -2.73. The molecule has 156 valence electrons. The minimum atomic E-state index is -1.45. The van der Waals surface area contributed by atoms with Crippen molar-refractivity contribution in [1.82, 2.24) is 10.2 Å². The number of hydrogen-bond acceptors (Lipinski definition) is 6. The number of ether oxygens (including phenoxy) is 1. The molecule has 4 unspecified atom stereocenters. The summed E-state index contributed by atoms with van der Waals surface area (Å²) in [6.45, 7) is 1.62. The number of aromatic amines is 1. The molecule has 1 aromatic heterocycles. The summed E-state index contributed by atoms with van der Waals surface area (Å²) in [6, 6.07) is 12.2. The molecule has 1 fully saturated rings. The summed E-state index contributed by atoms with van der Waals surface area (Å²) in [5, 5.41) is 47.5. The predicted molar refractivity (Wildman–Crippen MR) is 112 cm³/mol. The molecule has 0 bridgehead atoms. The van der Waals surface area contributed by atoms with Gasteiger partial charge < -0.3 is 25.2 Å². The first-order valence-electron chi connectivity index (χ1n) is 9.91. The molecule has 0 amide bonds. The van der Waals surface area contributed by atoms with Crippen molar-refractivity contribution in [2.24, 2.45) is 0 Å². The molecule has 1 aliphatic rings. The van der Waals surface area contributed by atoms with Crippen molar-refractivity contribution in [3.63, 3.8) is 0 Å². The van der Waals surface area contributed by atoms with Gasteiger partial charge in [0.25, 0.3) is 0 Å². The van der Waals surface area contributed by atoms with E-state index in [4.69, 9.17) is 4.74 Å². The third kappa shape index (κ3) is 3.72. The number of aromatic nitrogens is 2. The molecule has 0 aliphatic carbocycles. The van der Waals surface area contributed by atoms with E-state index in [0.29, 0.717) is 5.56 Å². The summed E-state index contributed by atoms with van der Waals surface area (Å²) in [6.07, 6.45) is -3.67. The van der Waals surface area contributed by atoms with E-state index in [0.717, 1.165) is 28.5 Å². The van der Waals surface area contributed by atoms with Crippen LogP contribution in [-0.2, 0) is 11.2 Å². The maximum absolute atomic E-state index is 10.2. The normalized spacial score (nSPS) is 26.4. The fourth-order valence-electron chi connectivity index (χ4n) is 3.79. The number of H-pyrrole nitrogens is 1. The monoisotopic (exact) mass is 408 g/mol. The second-order valence-corrected chi connectivity index (χ2v) is 7.39. The maximum atomic E-state index is 10.2. The minimum absolute atomic E-state index is 0.489. The molecule has 7 heteroatoms. The summed E-state index contributed by atoms with van der Waals surface area (Å²) in [5.41, 5.74) is 4.75. The minimum Gasteiger partial charge on any atom is -0.394 e. The lowest BCUT2D eigenvalue weighted by atomic mass is 9.94. The Labute approximate surface area is 174 Å². The van der Waals surface area contributed by atoms with E-state index in [1.165, 1.54) is 5.56 Å². The molecule has 2 heterocycles. The van der Waals surface area contributed by atoms with E-state index >= 15 is 0 Å². The fourth-order valence-corrected chi connectivity index (χ4v) is 3.79. The number of aliphatic hydroxyl groups excluding tert-OH is 4. The van der Waals surface area contributed by atoms with Crippen LogP contribution >= 0.6 is 0 Å². The third-order valence-electron chi connectivity index (χ3n) is 5.50. The van der Waals surface area contributed by atoms with Crippen molar-refractivity contribution < 1.29 is 25.2 Å². The van der Waals surface area contributed by atoms with Crippen LogP contribution < -0.4 is 0 Å². The number of benzene rings is 2. The summed E-state index contributed by atoms with van der Waals surface area (Å²) >= 11 is 0. The van der Waals surface area contributed by atoms with E-state index < -0.39 is 37.1 Å². The summed E-state index contributed by atoms with van der Waals surface area (Å²) in [7, 11) is 0.